The van der Waals surface area contributed by atoms with Crippen LogP contribution in [0.2, 0.25) is 0 Å². The second kappa shape index (κ2) is 10.7. The fraction of sp³-hybridized carbons (Fsp3) is 0.757. The topological polar surface area (TPSA) is 188 Å². The first-order chi connectivity index (χ1) is 22.0. The van der Waals surface area contributed by atoms with Crippen LogP contribution in [0, 0.1) is 40.4 Å². The van der Waals surface area contributed by atoms with Crippen molar-refractivity contribution >= 4 is 5.78 Å². The quantitative estimate of drug-likeness (QED) is 0.240. The lowest BCUT2D eigenvalue weighted by atomic mass is 9.43. The van der Waals surface area contributed by atoms with Gasteiger partial charge in [0, 0.05) is 48.7 Å². The Morgan fingerprint density at radius 3 is 2.30 bits per heavy atom. The highest BCUT2D eigenvalue weighted by Crippen LogP contribution is 2.73. The predicted molar refractivity (Wildman–Crippen MR) is 170 cm³/mol. The Balaban J connectivity index is 1.32. The first-order valence-corrected chi connectivity index (χ1v) is 17.6. The SMILES string of the molecule is CC1CCCC2(OC3CC4(O)C5=CC(=O)C6C(c7cc(O)cc(O)c7)C(O)C(O)CC6(C)C5CCC4(C)C3C2(O)CCO)C(O)C1C. The van der Waals surface area contributed by atoms with Gasteiger partial charge in [-0.25, -0.2) is 0 Å². The summed E-state index contributed by atoms with van der Waals surface area (Å²) in [5.41, 5.74) is -5.41. The van der Waals surface area contributed by atoms with Crippen LogP contribution >= 0.6 is 0 Å². The number of ketones is 1. The molecule has 0 radical (unpaired) electrons. The molecule has 10 nitrogen and oxygen atoms in total. The number of allylic oxidation sites excluding steroid dienone is 1. The highest BCUT2D eigenvalue weighted by molar-refractivity contribution is 5.96. The van der Waals surface area contributed by atoms with Crippen molar-refractivity contribution in [3.63, 3.8) is 0 Å². The summed E-state index contributed by atoms with van der Waals surface area (Å²) in [5.74, 6) is -3.33. The Morgan fingerprint density at radius 1 is 0.957 bits per heavy atom. The van der Waals surface area contributed by atoms with Crippen LogP contribution in [0.5, 0.6) is 11.5 Å². The molecule has 15 atom stereocenters. The van der Waals surface area contributed by atoms with Crippen molar-refractivity contribution in [2.24, 2.45) is 40.4 Å². The molecule has 5 aliphatic carbocycles. The second-order valence-electron chi connectivity index (χ2n) is 16.7. The van der Waals surface area contributed by atoms with Crippen molar-refractivity contribution in [2.45, 2.75) is 126 Å². The van der Waals surface area contributed by atoms with E-state index in [4.69, 9.17) is 4.74 Å². The lowest BCUT2D eigenvalue weighted by Crippen LogP contribution is -2.68. The van der Waals surface area contributed by atoms with E-state index in [1.807, 2.05) is 20.8 Å². The standard InChI is InChI=1S/C37H52O10/c1-18-6-5-8-37(32(44)19(18)2)35(45,10-11-38)31-27(47-37)17-36(46)24-15-25(41)29-28(20-12-21(39)14-22(40)13-20)30(43)26(42)16-33(29,3)23(24)7-9-34(31,36)4/h12-15,18-19,23,26-32,38-40,42-46H,5-11,16-17H2,1-4H3. The van der Waals surface area contributed by atoms with Gasteiger partial charge in [-0.1, -0.05) is 40.5 Å². The van der Waals surface area contributed by atoms with Gasteiger partial charge in [-0.2, -0.15) is 0 Å². The van der Waals surface area contributed by atoms with Crippen LogP contribution in [0.15, 0.2) is 29.8 Å². The fourth-order valence-corrected chi connectivity index (χ4v) is 12.3. The number of carbonyl (C=O) groups is 1. The maximum absolute atomic E-state index is 14.3. The number of aliphatic hydroxyl groups excluding tert-OH is 4. The highest BCUT2D eigenvalue weighted by atomic mass is 16.6. The molecular weight excluding hydrogens is 604 g/mol. The van der Waals surface area contributed by atoms with Crippen LogP contribution in [-0.2, 0) is 9.53 Å². The van der Waals surface area contributed by atoms with Gasteiger partial charge in [0.15, 0.2) is 5.78 Å². The summed E-state index contributed by atoms with van der Waals surface area (Å²) in [5, 5.41) is 91.1. The molecule has 260 valence electrons. The molecule has 0 amide bonds. The van der Waals surface area contributed by atoms with Crippen molar-refractivity contribution in [1.82, 2.24) is 0 Å². The minimum Gasteiger partial charge on any atom is -0.508 e. The van der Waals surface area contributed by atoms with Crippen molar-refractivity contribution in [3.8, 4) is 11.5 Å². The number of hydrogen-bond donors (Lipinski definition) is 8. The third kappa shape index (κ3) is 4.18. The lowest BCUT2D eigenvalue weighted by Gasteiger charge is -2.62. The zero-order chi connectivity index (χ0) is 34.1. The van der Waals surface area contributed by atoms with Crippen molar-refractivity contribution in [3.05, 3.63) is 35.4 Å². The summed E-state index contributed by atoms with van der Waals surface area (Å²) < 4.78 is 6.88. The van der Waals surface area contributed by atoms with E-state index in [0.717, 1.165) is 12.8 Å². The van der Waals surface area contributed by atoms with E-state index in [0.29, 0.717) is 30.4 Å². The molecule has 6 aliphatic rings. The van der Waals surface area contributed by atoms with Crippen molar-refractivity contribution < 1.29 is 50.4 Å². The molecule has 5 fully saturated rings. The van der Waals surface area contributed by atoms with E-state index in [9.17, 15) is 45.6 Å². The minimum absolute atomic E-state index is 0.0122. The number of rotatable bonds is 3. The molecule has 7 rings (SSSR count). The molecule has 0 bridgehead atoms. The molecule has 1 aliphatic heterocycles. The van der Waals surface area contributed by atoms with E-state index in [-0.39, 0.29) is 60.9 Å². The van der Waals surface area contributed by atoms with Gasteiger partial charge in [-0.15, -0.1) is 0 Å². The van der Waals surface area contributed by atoms with Gasteiger partial charge in [0.25, 0.3) is 0 Å². The average molecular weight is 657 g/mol. The first kappa shape index (κ1) is 33.4. The summed E-state index contributed by atoms with van der Waals surface area (Å²) in [6, 6.07) is 3.98. The number of ether oxygens (including phenoxy) is 1. The maximum atomic E-state index is 14.3. The second-order valence-corrected chi connectivity index (χ2v) is 16.7. The van der Waals surface area contributed by atoms with Gasteiger partial charge in [0.2, 0.25) is 0 Å². The average Bonchev–Trinajstić information content (AvgIpc) is 3.33. The smallest absolute Gasteiger partial charge is 0.160 e. The number of fused-ring (bicyclic) bond motifs is 7. The Hall–Kier alpha value is -2.05. The molecule has 1 aromatic rings. The third-order valence-electron chi connectivity index (χ3n) is 14.7. The molecular formula is C37H52O10. The van der Waals surface area contributed by atoms with Gasteiger partial charge in [0.1, 0.15) is 22.7 Å². The number of carbonyl (C=O) groups excluding carboxylic acids is 1. The Morgan fingerprint density at radius 2 is 1.64 bits per heavy atom. The van der Waals surface area contributed by atoms with Crippen molar-refractivity contribution in [2.75, 3.05) is 6.61 Å². The number of benzene rings is 1. The van der Waals surface area contributed by atoms with Crippen LogP contribution < -0.4 is 0 Å². The highest BCUT2D eigenvalue weighted by Gasteiger charge is 2.80. The summed E-state index contributed by atoms with van der Waals surface area (Å²) in [6.07, 6.45) is 0.719. The van der Waals surface area contributed by atoms with Crippen molar-refractivity contribution in [1.29, 1.82) is 0 Å². The van der Waals surface area contributed by atoms with E-state index in [2.05, 4.69) is 6.92 Å². The van der Waals surface area contributed by atoms with E-state index in [1.54, 1.807) is 0 Å². The van der Waals surface area contributed by atoms with Crippen LogP contribution in [0.1, 0.15) is 90.5 Å². The number of aromatic hydroxyl groups is 2. The number of hydrogen-bond acceptors (Lipinski definition) is 10. The number of phenolic OH excluding ortho intramolecular Hbond substituents is 2. The molecule has 1 heterocycles. The van der Waals surface area contributed by atoms with Gasteiger partial charge >= 0.3 is 0 Å². The summed E-state index contributed by atoms with van der Waals surface area (Å²) in [4.78, 5) is 14.3. The maximum Gasteiger partial charge on any atom is 0.160 e. The zero-order valence-corrected chi connectivity index (χ0v) is 27.8. The van der Waals surface area contributed by atoms with E-state index < -0.39 is 69.8 Å². The van der Waals surface area contributed by atoms with E-state index in [1.165, 1.54) is 24.3 Å². The van der Waals surface area contributed by atoms with Crippen LogP contribution in [0.25, 0.3) is 0 Å². The predicted octanol–water partition coefficient (Wildman–Crippen LogP) is 2.67. The van der Waals surface area contributed by atoms with Gasteiger partial charge < -0.3 is 45.6 Å². The van der Waals surface area contributed by atoms with Crippen LogP contribution in [0.3, 0.4) is 0 Å². The molecule has 0 aromatic heterocycles. The summed E-state index contributed by atoms with van der Waals surface area (Å²) >= 11 is 0. The molecule has 4 saturated carbocycles. The van der Waals surface area contributed by atoms with Gasteiger partial charge in [-0.05, 0) is 78.2 Å². The third-order valence-corrected chi connectivity index (χ3v) is 14.7. The van der Waals surface area contributed by atoms with E-state index >= 15 is 0 Å². The van der Waals surface area contributed by atoms with Crippen LogP contribution in [-0.4, -0.2) is 94.5 Å². The van der Waals surface area contributed by atoms with Crippen LogP contribution in [0.4, 0.5) is 0 Å². The normalized spacial score (nSPS) is 52.3. The lowest BCUT2D eigenvalue weighted by molar-refractivity contribution is -0.232. The fourth-order valence-electron chi connectivity index (χ4n) is 12.3. The Labute approximate surface area is 276 Å². The minimum atomic E-state index is -1.63. The number of phenols is 2. The monoisotopic (exact) mass is 656 g/mol. The molecule has 10 heteroatoms. The molecule has 1 aromatic carbocycles. The zero-order valence-electron chi connectivity index (χ0n) is 27.8. The number of aliphatic hydroxyl groups is 6. The Bertz CT molecular complexity index is 1460. The summed E-state index contributed by atoms with van der Waals surface area (Å²) in [7, 11) is 0. The molecule has 47 heavy (non-hydrogen) atoms. The first-order valence-electron chi connectivity index (χ1n) is 17.6. The van der Waals surface area contributed by atoms with Gasteiger partial charge in [-0.3, -0.25) is 4.79 Å². The summed E-state index contributed by atoms with van der Waals surface area (Å²) in [6.45, 7) is 7.65. The van der Waals surface area contributed by atoms with Gasteiger partial charge in [0.05, 0.1) is 30.0 Å². The molecule has 15 unspecified atom stereocenters. The molecule has 1 saturated heterocycles. The molecule has 8 N–H and O–H groups in total. The Kier molecular flexibility index (Phi) is 7.63. The largest absolute Gasteiger partial charge is 0.508 e. The molecule has 1 spiro atoms.